The van der Waals surface area contributed by atoms with E-state index in [1.165, 1.54) is 17.1 Å². The molecule has 3 rings (SSSR count). The molecule has 1 heterocycles. The van der Waals surface area contributed by atoms with Crippen LogP contribution in [-0.2, 0) is 10.0 Å². The molecule has 1 saturated heterocycles. The number of nitrogens with one attached hydrogen (secondary N) is 1. The summed E-state index contributed by atoms with van der Waals surface area (Å²) >= 11 is 0. The van der Waals surface area contributed by atoms with Crippen molar-refractivity contribution in [3.8, 4) is 0 Å². The van der Waals surface area contributed by atoms with Gasteiger partial charge in [0.2, 0.25) is 10.0 Å². The van der Waals surface area contributed by atoms with E-state index in [-0.39, 0.29) is 11.4 Å². The number of nitrogens with zero attached hydrogens (tertiary/aromatic N) is 2. The van der Waals surface area contributed by atoms with Crippen LogP contribution >= 0.6 is 0 Å². The van der Waals surface area contributed by atoms with Crippen molar-refractivity contribution in [2.75, 3.05) is 32.7 Å². The van der Waals surface area contributed by atoms with Crippen molar-refractivity contribution < 1.29 is 13.2 Å². The van der Waals surface area contributed by atoms with Gasteiger partial charge in [0.05, 0.1) is 4.90 Å². The third kappa shape index (κ3) is 4.15. The van der Waals surface area contributed by atoms with Crippen LogP contribution in [0.25, 0.3) is 0 Å². The summed E-state index contributed by atoms with van der Waals surface area (Å²) in [5.74, 6) is 0. The van der Waals surface area contributed by atoms with E-state index in [0.717, 1.165) is 12.8 Å². The zero-order valence-corrected chi connectivity index (χ0v) is 15.6. The Morgan fingerprint density at radius 2 is 1.68 bits per heavy atom. The summed E-state index contributed by atoms with van der Waals surface area (Å²) in [5, 5.41) is 3.04. The molecule has 1 aromatic carbocycles. The number of carbonyl (C=O) groups excluding carboxylic acids is 1. The Labute approximate surface area is 150 Å². The SMILES string of the molecule is CC1(CNC(=O)N2CCN(S(=O)(=O)c3ccccc3)CC2)CCCC1. The second-order valence-corrected chi connectivity index (χ2v) is 9.32. The second-order valence-electron chi connectivity index (χ2n) is 7.38. The van der Waals surface area contributed by atoms with Gasteiger partial charge in [-0.3, -0.25) is 0 Å². The summed E-state index contributed by atoms with van der Waals surface area (Å²) in [6, 6.07) is 8.38. The summed E-state index contributed by atoms with van der Waals surface area (Å²) in [6.45, 7) is 4.45. The van der Waals surface area contributed by atoms with Crippen LogP contribution in [0.1, 0.15) is 32.6 Å². The van der Waals surface area contributed by atoms with Crippen molar-refractivity contribution in [2.24, 2.45) is 5.41 Å². The second kappa shape index (κ2) is 7.33. The Kier molecular flexibility index (Phi) is 5.34. The average Bonchev–Trinajstić information content (AvgIpc) is 3.07. The monoisotopic (exact) mass is 365 g/mol. The molecule has 7 heteroatoms. The number of piperazine rings is 1. The summed E-state index contributed by atoms with van der Waals surface area (Å²) < 4.78 is 26.7. The van der Waals surface area contributed by atoms with Gasteiger partial charge < -0.3 is 10.2 Å². The Bertz CT molecular complexity index is 692. The Hall–Kier alpha value is -1.60. The normalized spacial score (nSPS) is 21.2. The highest BCUT2D eigenvalue weighted by molar-refractivity contribution is 7.89. The van der Waals surface area contributed by atoms with Gasteiger partial charge in [-0.2, -0.15) is 4.31 Å². The Morgan fingerprint density at radius 3 is 2.28 bits per heavy atom. The molecule has 0 bridgehead atoms. The molecule has 0 aromatic heterocycles. The minimum Gasteiger partial charge on any atom is -0.337 e. The van der Waals surface area contributed by atoms with Crippen LogP contribution < -0.4 is 5.32 Å². The molecule has 2 fully saturated rings. The number of hydrogen-bond acceptors (Lipinski definition) is 3. The van der Waals surface area contributed by atoms with Crippen molar-refractivity contribution in [1.29, 1.82) is 0 Å². The fraction of sp³-hybridized carbons (Fsp3) is 0.611. The first-order valence-electron chi connectivity index (χ1n) is 8.99. The topological polar surface area (TPSA) is 69.7 Å². The minimum atomic E-state index is -3.47. The van der Waals surface area contributed by atoms with Crippen molar-refractivity contribution >= 4 is 16.1 Å². The molecular formula is C18H27N3O3S. The maximum atomic E-state index is 12.6. The van der Waals surface area contributed by atoms with Crippen molar-refractivity contribution in [3.05, 3.63) is 30.3 Å². The van der Waals surface area contributed by atoms with E-state index in [1.54, 1.807) is 35.2 Å². The predicted molar refractivity (Wildman–Crippen MR) is 96.7 cm³/mol. The lowest BCUT2D eigenvalue weighted by Crippen LogP contribution is -2.53. The average molecular weight is 365 g/mol. The van der Waals surface area contributed by atoms with E-state index in [2.05, 4.69) is 12.2 Å². The van der Waals surface area contributed by atoms with Gasteiger partial charge in [0.25, 0.3) is 0 Å². The van der Waals surface area contributed by atoms with E-state index in [4.69, 9.17) is 0 Å². The number of urea groups is 1. The molecule has 6 nitrogen and oxygen atoms in total. The van der Waals surface area contributed by atoms with E-state index in [1.807, 2.05) is 0 Å². The molecule has 0 spiro atoms. The van der Waals surface area contributed by atoms with Gasteiger partial charge in [-0.25, -0.2) is 13.2 Å². The Balaban J connectivity index is 1.52. The zero-order valence-electron chi connectivity index (χ0n) is 14.8. The first-order valence-corrected chi connectivity index (χ1v) is 10.4. The van der Waals surface area contributed by atoms with Crippen LogP contribution in [0.15, 0.2) is 35.2 Å². The van der Waals surface area contributed by atoms with Crippen LogP contribution in [0.4, 0.5) is 4.79 Å². The zero-order chi connectivity index (χ0) is 17.9. The van der Waals surface area contributed by atoms with E-state index < -0.39 is 10.0 Å². The first kappa shape index (κ1) is 18.2. The van der Waals surface area contributed by atoms with Crippen LogP contribution in [0, 0.1) is 5.41 Å². The molecule has 0 radical (unpaired) electrons. The van der Waals surface area contributed by atoms with Gasteiger partial charge in [-0.15, -0.1) is 0 Å². The largest absolute Gasteiger partial charge is 0.337 e. The molecule has 25 heavy (non-hydrogen) atoms. The van der Waals surface area contributed by atoms with Crippen LogP contribution in [-0.4, -0.2) is 56.4 Å². The number of sulfonamides is 1. The van der Waals surface area contributed by atoms with Crippen molar-refractivity contribution in [3.63, 3.8) is 0 Å². The summed E-state index contributed by atoms with van der Waals surface area (Å²) in [6.07, 6.45) is 4.80. The lowest BCUT2D eigenvalue weighted by Gasteiger charge is -2.35. The summed E-state index contributed by atoms with van der Waals surface area (Å²) in [5.41, 5.74) is 0.216. The van der Waals surface area contributed by atoms with Gasteiger partial charge in [0.1, 0.15) is 0 Å². The highest BCUT2D eigenvalue weighted by atomic mass is 32.2. The minimum absolute atomic E-state index is 0.0788. The molecule has 0 unspecified atom stereocenters. The predicted octanol–water partition coefficient (Wildman–Crippen LogP) is 2.28. The molecule has 1 aliphatic carbocycles. The molecule has 0 atom stereocenters. The van der Waals surface area contributed by atoms with Crippen LogP contribution in [0.5, 0.6) is 0 Å². The van der Waals surface area contributed by atoms with Gasteiger partial charge >= 0.3 is 6.03 Å². The molecular weight excluding hydrogens is 338 g/mol. The number of amides is 2. The smallest absolute Gasteiger partial charge is 0.317 e. The molecule has 1 N–H and O–H groups in total. The summed E-state index contributed by atoms with van der Waals surface area (Å²) in [7, 11) is -3.47. The highest BCUT2D eigenvalue weighted by Crippen LogP contribution is 2.36. The van der Waals surface area contributed by atoms with E-state index in [0.29, 0.717) is 37.6 Å². The van der Waals surface area contributed by atoms with Crippen molar-refractivity contribution in [2.45, 2.75) is 37.5 Å². The number of carbonyl (C=O) groups is 1. The fourth-order valence-corrected chi connectivity index (χ4v) is 5.12. The molecule has 1 aromatic rings. The standard InChI is InChI=1S/C18H27N3O3S/c1-18(9-5-6-10-18)15-19-17(22)20-11-13-21(14-12-20)25(23,24)16-7-3-2-4-8-16/h2-4,7-8H,5-6,9-15H2,1H3,(H,19,22). The molecule has 1 aliphatic heterocycles. The number of rotatable bonds is 4. The molecule has 1 saturated carbocycles. The first-order chi connectivity index (χ1) is 11.9. The number of benzene rings is 1. The van der Waals surface area contributed by atoms with Crippen molar-refractivity contribution in [1.82, 2.24) is 14.5 Å². The van der Waals surface area contributed by atoms with Gasteiger partial charge in [-0.1, -0.05) is 38.0 Å². The third-order valence-corrected chi connectivity index (χ3v) is 7.30. The summed E-state index contributed by atoms with van der Waals surface area (Å²) in [4.78, 5) is 14.4. The van der Waals surface area contributed by atoms with Gasteiger partial charge in [0, 0.05) is 32.7 Å². The van der Waals surface area contributed by atoms with E-state index in [9.17, 15) is 13.2 Å². The Morgan fingerprint density at radius 1 is 1.08 bits per heavy atom. The quantitative estimate of drug-likeness (QED) is 0.890. The van der Waals surface area contributed by atoms with Gasteiger partial charge in [0.15, 0.2) is 0 Å². The fourth-order valence-electron chi connectivity index (χ4n) is 3.68. The molecule has 2 aliphatic rings. The molecule has 2 amide bonds. The number of hydrogen-bond donors (Lipinski definition) is 1. The maximum absolute atomic E-state index is 12.6. The molecule has 138 valence electrons. The van der Waals surface area contributed by atoms with Crippen LogP contribution in [0.2, 0.25) is 0 Å². The maximum Gasteiger partial charge on any atom is 0.317 e. The highest BCUT2D eigenvalue weighted by Gasteiger charge is 2.32. The lowest BCUT2D eigenvalue weighted by molar-refractivity contribution is 0.167. The van der Waals surface area contributed by atoms with E-state index >= 15 is 0 Å². The lowest BCUT2D eigenvalue weighted by atomic mass is 9.89. The third-order valence-electron chi connectivity index (χ3n) is 5.38. The van der Waals surface area contributed by atoms with Crippen LogP contribution in [0.3, 0.4) is 0 Å². The van der Waals surface area contributed by atoms with Gasteiger partial charge in [-0.05, 0) is 30.4 Å².